The van der Waals surface area contributed by atoms with Crippen molar-refractivity contribution in [3.63, 3.8) is 0 Å². The Balaban J connectivity index is 2.81. The number of methoxy groups -OCH3 is 1. The molecule has 6 nitrogen and oxygen atoms in total. The standard InChI is InChI=1S/C14H26N2O4/c1-11-3-5-14(10-15,6-4-11)13(19)16(7-8-20-2)9-12(17)18/h11H,3-10,15H2,1-2H3,(H,17,18). The highest BCUT2D eigenvalue weighted by Crippen LogP contribution is 2.39. The number of carboxylic acids is 1. The largest absolute Gasteiger partial charge is 0.480 e. The second kappa shape index (κ2) is 7.59. The number of hydrogen-bond donors (Lipinski definition) is 2. The van der Waals surface area contributed by atoms with Gasteiger partial charge in [-0.25, -0.2) is 0 Å². The quantitative estimate of drug-likeness (QED) is 0.718. The van der Waals surface area contributed by atoms with Crippen LogP contribution in [0.25, 0.3) is 0 Å². The van der Waals surface area contributed by atoms with Crippen molar-refractivity contribution in [1.29, 1.82) is 0 Å². The van der Waals surface area contributed by atoms with Crippen molar-refractivity contribution in [2.45, 2.75) is 32.6 Å². The van der Waals surface area contributed by atoms with E-state index in [0.717, 1.165) is 25.7 Å². The van der Waals surface area contributed by atoms with Gasteiger partial charge in [0.1, 0.15) is 6.54 Å². The lowest BCUT2D eigenvalue weighted by molar-refractivity contribution is -0.151. The molecule has 1 fully saturated rings. The lowest BCUT2D eigenvalue weighted by Crippen LogP contribution is -2.51. The second-order valence-corrected chi connectivity index (χ2v) is 5.78. The molecule has 0 unspecified atom stereocenters. The highest BCUT2D eigenvalue weighted by atomic mass is 16.5. The first kappa shape index (κ1) is 16.9. The Morgan fingerprint density at radius 1 is 1.40 bits per heavy atom. The molecule has 0 aliphatic heterocycles. The molecule has 0 saturated heterocycles. The average Bonchev–Trinajstić information content (AvgIpc) is 2.43. The highest BCUT2D eigenvalue weighted by Gasteiger charge is 2.42. The molecule has 0 heterocycles. The van der Waals surface area contributed by atoms with Crippen LogP contribution in [0.5, 0.6) is 0 Å². The molecule has 1 aliphatic rings. The van der Waals surface area contributed by atoms with Crippen LogP contribution in [0.2, 0.25) is 0 Å². The van der Waals surface area contributed by atoms with Crippen LogP contribution in [0.3, 0.4) is 0 Å². The van der Waals surface area contributed by atoms with Crippen LogP contribution in [0.15, 0.2) is 0 Å². The first-order valence-electron chi connectivity index (χ1n) is 7.15. The van der Waals surface area contributed by atoms with Gasteiger partial charge < -0.3 is 20.5 Å². The van der Waals surface area contributed by atoms with Crippen molar-refractivity contribution >= 4 is 11.9 Å². The fourth-order valence-electron chi connectivity index (χ4n) is 2.77. The van der Waals surface area contributed by atoms with Crippen LogP contribution in [-0.2, 0) is 14.3 Å². The molecule has 0 aromatic carbocycles. The highest BCUT2D eigenvalue weighted by molar-refractivity contribution is 5.86. The van der Waals surface area contributed by atoms with Crippen molar-refractivity contribution in [3.8, 4) is 0 Å². The molecule has 1 amide bonds. The molecule has 20 heavy (non-hydrogen) atoms. The number of carboxylic acid groups (broad SMARTS) is 1. The summed E-state index contributed by atoms with van der Waals surface area (Å²) in [6, 6.07) is 0. The summed E-state index contributed by atoms with van der Waals surface area (Å²) in [7, 11) is 1.53. The van der Waals surface area contributed by atoms with Gasteiger partial charge >= 0.3 is 5.97 Å². The van der Waals surface area contributed by atoms with Crippen molar-refractivity contribution in [3.05, 3.63) is 0 Å². The maximum Gasteiger partial charge on any atom is 0.323 e. The minimum absolute atomic E-state index is 0.133. The van der Waals surface area contributed by atoms with E-state index in [2.05, 4.69) is 6.92 Å². The molecule has 3 N–H and O–H groups in total. The van der Waals surface area contributed by atoms with Crippen LogP contribution >= 0.6 is 0 Å². The van der Waals surface area contributed by atoms with Crippen LogP contribution in [0.4, 0.5) is 0 Å². The molecule has 0 bridgehead atoms. The number of carbonyl (C=O) groups excluding carboxylic acids is 1. The third kappa shape index (κ3) is 4.18. The Labute approximate surface area is 120 Å². The third-order valence-corrected chi connectivity index (χ3v) is 4.25. The molecular weight excluding hydrogens is 260 g/mol. The predicted molar refractivity (Wildman–Crippen MR) is 75.2 cm³/mol. The van der Waals surface area contributed by atoms with Crippen molar-refractivity contribution in [2.24, 2.45) is 17.1 Å². The molecule has 0 atom stereocenters. The van der Waals surface area contributed by atoms with Gasteiger partial charge in [0.25, 0.3) is 0 Å². The molecule has 1 rings (SSSR count). The van der Waals surface area contributed by atoms with E-state index < -0.39 is 11.4 Å². The van der Waals surface area contributed by atoms with Gasteiger partial charge in [-0.15, -0.1) is 0 Å². The number of rotatable bonds is 7. The van der Waals surface area contributed by atoms with E-state index >= 15 is 0 Å². The van der Waals surface area contributed by atoms with Gasteiger partial charge in [0, 0.05) is 20.2 Å². The van der Waals surface area contributed by atoms with E-state index in [4.69, 9.17) is 15.6 Å². The summed E-state index contributed by atoms with van der Waals surface area (Å²) in [5.41, 5.74) is 5.27. The van der Waals surface area contributed by atoms with Gasteiger partial charge in [-0.2, -0.15) is 0 Å². The topological polar surface area (TPSA) is 92.9 Å². The monoisotopic (exact) mass is 286 g/mol. The molecule has 0 radical (unpaired) electrons. The van der Waals surface area contributed by atoms with Gasteiger partial charge in [-0.05, 0) is 31.6 Å². The number of aliphatic carboxylic acids is 1. The fourth-order valence-corrected chi connectivity index (χ4v) is 2.77. The van der Waals surface area contributed by atoms with Gasteiger partial charge in [-0.3, -0.25) is 9.59 Å². The number of hydrogen-bond acceptors (Lipinski definition) is 4. The number of amides is 1. The van der Waals surface area contributed by atoms with E-state index in [1.54, 1.807) is 0 Å². The van der Waals surface area contributed by atoms with Crippen LogP contribution in [-0.4, -0.2) is 55.2 Å². The molecule has 0 aromatic heterocycles. The zero-order valence-corrected chi connectivity index (χ0v) is 12.4. The molecule has 6 heteroatoms. The van der Waals surface area contributed by atoms with E-state index in [1.807, 2.05) is 0 Å². The minimum Gasteiger partial charge on any atom is -0.480 e. The van der Waals surface area contributed by atoms with Gasteiger partial charge in [0.2, 0.25) is 5.91 Å². The smallest absolute Gasteiger partial charge is 0.323 e. The maximum atomic E-state index is 12.7. The Bertz CT molecular complexity index is 338. The van der Waals surface area contributed by atoms with Crippen LogP contribution in [0, 0.1) is 11.3 Å². The SMILES string of the molecule is COCCN(CC(=O)O)C(=O)C1(CN)CCC(C)CC1. The molecule has 0 aromatic rings. The molecule has 116 valence electrons. The molecule has 1 aliphatic carbocycles. The first-order chi connectivity index (χ1) is 9.45. The zero-order chi connectivity index (χ0) is 15.2. The first-order valence-corrected chi connectivity index (χ1v) is 7.15. The summed E-state index contributed by atoms with van der Waals surface area (Å²) in [6.07, 6.45) is 3.42. The van der Waals surface area contributed by atoms with Crippen LogP contribution < -0.4 is 5.73 Å². The number of carbonyl (C=O) groups is 2. The summed E-state index contributed by atoms with van der Waals surface area (Å²) in [5, 5.41) is 8.96. The Morgan fingerprint density at radius 2 is 2.00 bits per heavy atom. The summed E-state index contributed by atoms with van der Waals surface area (Å²) < 4.78 is 4.96. The lowest BCUT2D eigenvalue weighted by Gasteiger charge is -2.40. The summed E-state index contributed by atoms with van der Waals surface area (Å²) in [5.74, 6) is -0.536. The van der Waals surface area contributed by atoms with Crippen molar-refractivity contribution in [2.75, 3.05) is 33.4 Å². The number of ether oxygens (including phenoxy) is 1. The normalized spacial score (nSPS) is 26.2. The lowest BCUT2D eigenvalue weighted by atomic mass is 9.70. The maximum absolute atomic E-state index is 12.7. The predicted octanol–water partition coefficient (Wildman–Crippen LogP) is 0.701. The molecule has 1 saturated carbocycles. The van der Waals surface area contributed by atoms with E-state index in [9.17, 15) is 9.59 Å². The minimum atomic E-state index is -1.01. The molecular formula is C14H26N2O4. The number of nitrogens with zero attached hydrogens (tertiary/aromatic N) is 1. The summed E-state index contributed by atoms with van der Waals surface area (Å²) in [4.78, 5) is 25.0. The Kier molecular flexibility index (Phi) is 6.42. The van der Waals surface area contributed by atoms with Gasteiger partial charge in [0.15, 0.2) is 0 Å². The van der Waals surface area contributed by atoms with Gasteiger partial charge in [-0.1, -0.05) is 6.92 Å². The zero-order valence-electron chi connectivity index (χ0n) is 12.4. The molecule has 0 spiro atoms. The average molecular weight is 286 g/mol. The third-order valence-electron chi connectivity index (χ3n) is 4.25. The fraction of sp³-hybridized carbons (Fsp3) is 0.857. The van der Waals surface area contributed by atoms with Crippen molar-refractivity contribution < 1.29 is 19.4 Å². The number of nitrogens with two attached hydrogens (primary N) is 1. The summed E-state index contributed by atoms with van der Waals surface area (Å²) in [6.45, 7) is 2.78. The Morgan fingerprint density at radius 3 is 2.45 bits per heavy atom. The Hall–Kier alpha value is -1.14. The van der Waals surface area contributed by atoms with Gasteiger partial charge in [0.05, 0.1) is 12.0 Å². The van der Waals surface area contributed by atoms with E-state index in [0.29, 0.717) is 19.1 Å². The van der Waals surface area contributed by atoms with E-state index in [1.165, 1.54) is 12.0 Å². The van der Waals surface area contributed by atoms with E-state index in [-0.39, 0.29) is 19.0 Å². The van der Waals surface area contributed by atoms with Crippen molar-refractivity contribution in [1.82, 2.24) is 4.90 Å². The summed E-state index contributed by atoms with van der Waals surface area (Å²) >= 11 is 0. The van der Waals surface area contributed by atoms with Crippen LogP contribution in [0.1, 0.15) is 32.6 Å². The second-order valence-electron chi connectivity index (χ2n) is 5.78.